The lowest BCUT2D eigenvalue weighted by molar-refractivity contribution is 0.120. The van der Waals surface area contributed by atoms with Crippen molar-refractivity contribution in [2.45, 2.75) is 26.7 Å². The SMILES string of the molecule is C[B]c1ccc2c3nn(-c4ccccc4)c(=O)c-3cn(C(=O)N3CCN(C(C)C)CC3)c2c1. The molecule has 8 heteroatoms. The number of carbonyl (C=O) groups is 1. The topological polar surface area (TPSA) is 63.4 Å². The van der Waals surface area contributed by atoms with E-state index < -0.39 is 0 Å². The Morgan fingerprint density at radius 3 is 2.42 bits per heavy atom. The first kappa shape index (κ1) is 21.5. The molecule has 5 rings (SSSR count). The lowest BCUT2D eigenvalue weighted by Gasteiger charge is -2.37. The molecule has 0 bridgehead atoms. The average molecular weight is 440 g/mol. The molecule has 0 unspecified atom stereocenters. The number of benzene rings is 2. The van der Waals surface area contributed by atoms with Gasteiger partial charge in [-0.15, -0.1) is 0 Å². The van der Waals surface area contributed by atoms with Crippen LogP contribution in [0.5, 0.6) is 0 Å². The zero-order valence-corrected chi connectivity index (χ0v) is 19.2. The van der Waals surface area contributed by atoms with E-state index in [0.717, 1.165) is 29.5 Å². The van der Waals surface area contributed by atoms with Gasteiger partial charge in [-0.05, 0) is 32.0 Å². The summed E-state index contributed by atoms with van der Waals surface area (Å²) in [4.78, 5) is 31.2. The van der Waals surface area contributed by atoms with Gasteiger partial charge in [0.1, 0.15) is 13.0 Å². The predicted molar refractivity (Wildman–Crippen MR) is 132 cm³/mol. The summed E-state index contributed by atoms with van der Waals surface area (Å²) in [6.45, 7) is 9.34. The fourth-order valence-electron chi connectivity index (χ4n) is 4.54. The third-order valence-electron chi connectivity index (χ3n) is 6.53. The Labute approximate surface area is 193 Å². The van der Waals surface area contributed by atoms with Crippen molar-refractivity contribution in [3.63, 3.8) is 0 Å². The Balaban J connectivity index is 1.66. The Bertz CT molecular complexity index is 1340. The van der Waals surface area contributed by atoms with Gasteiger partial charge < -0.3 is 4.90 Å². The van der Waals surface area contributed by atoms with Crippen molar-refractivity contribution in [1.29, 1.82) is 0 Å². The monoisotopic (exact) mass is 440 g/mol. The number of hydrogen-bond donors (Lipinski definition) is 0. The predicted octanol–water partition coefficient (Wildman–Crippen LogP) is 2.66. The van der Waals surface area contributed by atoms with Crippen molar-refractivity contribution in [2.75, 3.05) is 26.2 Å². The van der Waals surface area contributed by atoms with Gasteiger partial charge >= 0.3 is 6.03 Å². The molecule has 0 atom stereocenters. The molecule has 0 aliphatic carbocycles. The van der Waals surface area contributed by atoms with E-state index in [-0.39, 0.29) is 11.6 Å². The molecule has 3 heterocycles. The van der Waals surface area contributed by atoms with E-state index >= 15 is 0 Å². The molecule has 0 spiro atoms. The minimum Gasteiger partial charge on any atom is -0.321 e. The molecule has 1 amide bonds. The first-order chi connectivity index (χ1) is 16.0. The minimum absolute atomic E-state index is 0.106. The molecule has 1 saturated heterocycles. The lowest BCUT2D eigenvalue weighted by Crippen LogP contribution is -2.51. The van der Waals surface area contributed by atoms with Crippen LogP contribution in [0, 0.1) is 0 Å². The highest BCUT2D eigenvalue weighted by Crippen LogP contribution is 2.28. The summed E-state index contributed by atoms with van der Waals surface area (Å²) in [6, 6.07) is 15.7. The van der Waals surface area contributed by atoms with Crippen LogP contribution in [-0.2, 0) is 0 Å². The summed E-state index contributed by atoms with van der Waals surface area (Å²) in [7, 11) is 2.00. The van der Waals surface area contributed by atoms with Gasteiger partial charge in [-0.1, -0.05) is 42.6 Å². The van der Waals surface area contributed by atoms with Crippen molar-refractivity contribution in [3.05, 3.63) is 65.1 Å². The molecule has 0 N–H and O–H groups in total. The smallest absolute Gasteiger partial charge is 0.321 e. The van der Waals surface area contributed by atoms with Crippen LogP contribution in [0.4, 0.5) is 4.79 Å². The van der Waals surface area contributed by atoms with Gasteiger partial charge in [0, 0.05) is 43.8 Å². The number of para-hydroxylation sites is 1. The molecule has 3 aliphatic rings. The summed E-state index contributed by atoms with van der Waals surface area (Å²) >= 11 is 0. The number of pyridine rings is 1. The Hall–Kier alpha value is -3.39. The second-order valence-electron chi connectivity index (χ2n) is 8.78. The fraction of sp³-hybridized carbons (Fsp3) is 0.320. The van der Waals surface area contributed by atoms with Crippen LogP contribution >= 0.6 is 0 Å². The van der Waals surface area contributed by atoms with E-state index in [1.165, 1.54) is 4.68 Å². The first-order valence-electron chi connectivity index (χ1n) is 11.4. The van der Waals surface area contributed by atoms with Gasteiger partial charge in [0.2, 0.25) is 0 Å². The highest BCUT2D eigenvalue weighted by Gasteiger charge is 2.27. The van der Waals surface area contributed by atoms with Crippen molar-refractivity contribution in [3.8, 4) is 16.9 Å². The molecule has 2 aromatic rings. The second kappa shape index (κ2) is 8.52. The number of fused-ring (bicyclic) bond motifs is 3. The Kier molecular flexibility index (Phi) is 5.54. The first-order valence-corrected chi connectivity index (χ1v) is 11.4. The zero-order chi connectivity index (χ0) is 23.1. The molecule has 1 radical (unpaired) electrons. The van der Waals surface area contributed by atoms with E-state index in [4.69, 9.17) is 0 Å². The highest BCUT2D eigenvalue weighted by molar-refractivity contribution is 6.52. The second-order valence-corrected chi connectivity index (χ2v) is 8.78. The standard InChI is InChI=1S/C25H27BN5O2/c1-17(2)28-11-13-29(14-12-28)25(33)30-16-21-23(20-10-9-18(26-3)15-22(20)30)27-31(24(21)32)19-7-5-4-6-8-19/h4-10,15-17H,11-14H2,1-3H3. The van der Waals surface area contributed by atoms with Gasteiger partial charge in [0.05, 0.1) is 16.8 Å². The number of amides is 1. The van der Waals surface area contributed by atoms with Crippen LogP contribution in [0.25, 0.3) is 27.8 Å². The number of aromatic nitrogens is 3. The number of carbonyl (C=O) groups excluding carboxylic acids is 1. The molecule has 2 aromatic carbocycles. The Morgan fingerprint density at radius 2 is 1.76 bits per heavy atom. The molecule has 33 heavy (non-hydrogen) atoms. The fourth-order valence-corrected chi connectivity index (χ4v) is 4.54. The van der Waals surface area contributed by atoms with E-state index in [1.807, 2.05) is 67.5 Å². The lowest BCUT2D eigenvalue weighted by atomic mass is 9.73. The minimum atomic E-state index is -0.226. The maximum absolute atomic E-state index is 13.7. The van der Waals surface area contributed by atoms with Crippen LogP contribution in [0.15, 0.2) is 59.5 Å². The largest absolute Gasteiger partial charge is 0.328 e. The van der Waals surface area contributed by atoms with Crippen LogP contribution in [0.2, 0.25) is 6.82 Å². The van der Waals surface area contributed by atoms with Crippen molar-refractivity contribution < 1.29 is 4.79 Å². The van der Waals surface area contributed by atoms with Crippen LogP contribution in [-0.4, -0.2) is 69.7 Å². The van der Waals surface area contributed by atoms with Gasteiger partial charge in [-0.3, -0.25) is 14.3 Å². The molecule has 0 saturated carbocycles. The number of hydrogen-bond acceptors (Lipinski definition) is 4. The van der Waals surface area contributed by atoms with Gasteiger partial charge in [0.15, 0.2) is 0 Å². The summed E-state index contributed by atoms with van der Waals surface area (Å²) < 4.78 is 3.05. The summed E-state index contributed by atoms with van der Waals surface area (Å²) in [5.74, 6) is 0. The number of nitrogens with zero attached hydrogens (tertiary/aromatic N) is 5. The molecule has 3 aliphatic heterocycles. The van der Waals surface area contributed by atoms with Crippen LogP contribution in [0.3, 0.4) is 0 Å². The van der Waals surface area contributed by atoms with Crippen molar-refractivity contribution in [1.82, 2.24) is 24.1 Å². The normalized spacial score (nSPS) is 15.0. The van der Waals surface area contributed by atoms with Gasteiger partial charge in [0.25, 0.3) is 5.56 Å². The summed E-state index contributed by atoms with van der Waals surface area (Å²) in [5, 5.41) is 5.45. The number of rotatable bonds is 3. The molecule has 7 nitrogen and oxygen atoms in total. The summed E-state index contributed by atoms with van der Waals surface area (Å²) in [6.07, 6.45) is 1.67. The molecule has 167 valence electrons. The number of piperazine rings is 1. The summed E-state index contributed by atoms with van der Waals surface area (Å²) in [5.41, 5.74) is 3.29. The van der Waals surface area contributed by atoms with Gasteiger partial charge in [-0.2, -0.15) is 9.78 Å². The van der Waals surface area contributed by atoms with E-state index in [1.54, 1.807) is 10.8 Å². The quantitative estimate of drug-likeness (QED) is 0.460. The molecular weight excluding hydrogens is 413 g/mol. The van der Waals surface area contributed by atoms with Crippen LogP contribution < -0.4 is 11.0 Å². The maximum atomic E-state index is 13.7. The van der Waals surface area contributed by atoms with Gasteiger partial charge in [-0.25, -0.2) is 4.79 Å². The third-order valence-corrected chi connectivity index (χ3v) is 6.53. The van der Waals surface area contributed by atoms with Crippen LogP contribution in [0.1, 0.15) is 13.8 Å². The zero-order valence-electron chi connectivity index (χ0n) is 19.2. The van der Waals surface area contributed by atoms with Crippen molar-refractivity contribution >= 4 is 29.7 Å². The highest BCUT2D eigenvalue weighted by atomic mass is 16.2. The average Bonchev–Trinajstić information content (AvgIpc) is 3.19. The van der Waals surface area contributed by atoms with E-state index in [2.05, 4.69) is 23.8 Å². The molecule has 0 aromatic heterocycles. The van der Waals surface area contributed by atoms with E-state index in [9.17, 15) is 9.59 Å². The maximum Gasteiger partial charge on any atom is 0.328 e. The molecule has 1 fully saturated rings. The Morgan fingerprint density at radius 1 is 1.03 bits per heavy atom. The van der Waals surface area contributed by atoms with Crippen molar-refractivity contribution in [2.24, 2.45) is 0 Å². The third kappa shape index (κ3) is 3.74. The van der Waals surface area contributed by atoms with E-state index in [0.29, 0.717) is 36.1 Å². The molecular formula is C25H27BN5O2.